The first kappa shape index (κ1) is 9.47. The Morgan fingerprint density at radius 1 is 1.23 bits per heavy atom. The van der Waals surface area contributed by atoms with E-state index >= 15 is 0 Å². The summed E-state index contributed by atoms with van der Waals surface area (Å²) in [4.78, 5) is 2.73. The molecule has 0 aromatic rings. The maximum Gasteiger partial charge on any atom is 0.0113 e. The minimum Gasteiger partial charge on any atom is -0.328 e. The van der Waals surface area contributed by atoms with E-state index in [2.05, 4.69) is 11.8 Å². The van der Waals surface area contributed by atoms with Crippen LogP contribution in [0, 0.1) is 0 Å². The lowest BCUT2D eigenvalue weighted by Crippen LogP contribution is -2.55. The third-order valence-corrected chi connectivity index (χ3v) is 3.64. The van der Waals surface area contributed by atoms with Gasteiger partial charge in [0.05, 0.1) is 0 Å². The fraction of sp³-hybridized carbons (Fsp3) is 1.00. The highest BCUT2D eigenvalue weighted by atomic mass is 15.2. The first-order chi connectivity index (χ1) is 6.31. The Kier molecular flexibility index (Phi) is 2.89. The fourth-order valence-electron chi connectivity index (χ4n) is 3.14. The van der Waals surface area contributed by atoms with Crippen molar-refractivity contribution in [2.45, 2.75) is 63.6 Å². The number of hydrogen-bond donors (Lipinski definition) is 1. The highest BCUT2D eigenvalue weighted by Crippen LogP contribution is 2.33. The highest BCUT2D eigenvalue weighted by Gasteiger charge is 2.35. The van der Waals surface area contributed by atoms with E-state index in [-0.39, 0.29) is 0 Å². The zero-order valence-corrected chi connectivity index (χ0v) is 8.71. The molecule has 0 amide bonds. The molecule has 2 saturated heterocycles. The van der Waals surface area contributed by atoms with Crippen LogP contribution in [0.4, 0.5) is 0 Å². The molecule has 2 heteroatoms. The molecule has 2 fully saturated rings. The van der Waals surface area contributed by atoms with E-state index in [0.29, 0.717) is 6.04 Å². The van der Waals surface area contributed by atoms with Gasteiger partial charge in [0.1, 0.15) is 0 Å². The number of nitrogens with two attached hydrogens (primary N) is 1. The molecule has 0 aliphatic carbocycles. The predicted molar refractivity (Wildman–Crippen MR) is 55.6 cm³/mol. The van der Waals surface area contributed by atoms with Crippen LogP contribution in [-0.2, 0) is 0 Å². The summed E-state index contributed by atoms with van der Waals surface area (Å²) in [5.41, 5.74) is 6.06. The zero-order valence-electron chi connectivity index (χ0n) is 8.71. The molecule has 0 spiro atoms. The molecular weight excluding hydrogens is 160 g/mol. The zero-order chi connectivity index (χ0) is 9.26. The van der Waals surface area contributed by atoms with Crippen LogP contribution in [0.25, 0.3) is 0 Å². The van der Waals surface area contributed by atoms with Gasteiger partial charge in [0, 0.05) is 18.1 Å². The van der Waals surface area contributed by atoms with Crippen molar-refractivity contribution >= 4 is 0 Å². The molecular formula is C11H22N2. The van der Waals surface area contributed by atoms with Crippen LogP contribution in [0.2, 0.25) is 0 Å². The monoisotopic (exact) mass is 182 g/mol. The van der Waals surface area contributed by atoms with Gasteiger partial charge in [-0.1, -0.05) is 13.3 Å². The van der Waals surface area contributed by atoms with Crippen molar-refractivity contribution in [1.29, 1.82) is 0 Å². The van der Waals surface area contributed by atoms with E-state index < -0.39 is 0 Å². The van der Waals surface area contributed by atoms with Crippen LogP contribution in [0.1, 0.15) is 45.4 Å². The van der Waals surface area contributed by atoms with E-state index in [4.69, 9.17) is 5.73 Å². The Labute approximate surface area is 81.5 Å². The minimum absolute atomic E-state index is 0.489. The molecule has 0 radical (unpaired) electrons. The molecule has 2 aliphatic heterocycles. The Bertz CT molecular complexity index is 155. The summed E-state index contributed by atoms with van der Waals surface area (Å²) in [6, 6.07) is 2.13. The van der Waals surface area contributed by atoms with Gasteiger partial charge in [0.15, 0.2) is 0 Å². The third kappa shape index (κ3) is 1.89. The van der Waals surface area contributed by atoms with Crippen molar-refractivity contribution in [2.75, 3.05) is 6.54 Å². The Morgan fingerprint density at radius 3 is 2.38 bits per heavy atom. The summed E-state index contributed by atoms with van der Waals surface area (Å²) in [6.07, 6.45) is 8.01. The van der Waals surface area contributed by atoms with Crippen molar-refractivity contribution in [3.63, 3.8) is 0 Å². The molecule has 2 heterocycles. The van der Waals surface area contributed by atoms with Crippen LogP contribution in [0.15, 0.2) is 0 Å². The maximum absolute atomic E-state index is 6.06. The smallest absolute Gasteiger partial charge is 0.0113 e. The summed E-state index contributed by atoms with van der Waals surface area (Å²) in [6.45, 7) is 3.58. The molecule has 2 nitrogen and oxygen atoms in total. The number of hydrogen-bond acceptors (Lipinski definition) is 2. The molecule has 76 valence electrons. The van der Waals surface area contributed by atoms with Gasteiger partial charge in [-0.3, -0.25) is 4.90 Å². The van der Waals surface area contributed by atoms with Gasteiger partial charge in [-0.05, 0) is 38.6 Å². The molecule has 0 aromatic carbocycles. The topological polar surface area (TPSA) is 29.3 Å². The number of piperidine rings is 2. The molecule has 2 rings (SSSR count). The van der Waals surface area contributed by atoms with E-state index in [1.807, 2.05) is 0 Å². The average molecular weight is 182 g/mol. The minimum atomic E-state index is 0.489. The summed E-state index contributed by atoms with van der Waals surface area (Å²) in [5.74, 6) is 0. The predicted octanol–water partition coefficient (Wildman–Crippen LogP) is 1.74. The first-order valence-electron chi connectivity index (χ1n) is 5.82. The Balaban J connectivity index is 2.01. The maximum atomic E-state index is 6.06. The molecule has 0 saturated carbocycles. The fourth-order valence-corrected chi connectivity index (χ4v) is 3.14. The van der Waals surface area contributed by atoms with Gasteiger partial charge in [-0.25, -0.2) is 0 Å². The number of rotatable bonds is 2. The molecule has 2 N–H and O–H groups in total. The number of nitrogens with zero attached hydrogens (tertiary/aromatic N) is 1. The van der Waals surface area contributed by atoms with E-state index in [9.17, 15) is 0 Å². The summed E-state index contributed by atoms with van der Waals surface area (Å²) in [7, 11) is 0. The van der Waals surface area contributed by atoms with Gasteiger partial charge in [0.25, 0.3) is 0 Å². The largest absolute Gasteiger partial charge is 0.328 e. The van der Waals surface area contributed by atoms with Crippen molar-refractivity contribution in [3.8, 4) is 0 Å². The third-order valence-electron chi connectivity index (χ3n) is 3.64. The summed E-state index contributed by atoms with van der Waals surface area (Å²) >= 11 is 0. The van der Waals surface area contributed by atoms with Crippen molar-refractivity contribution < 1.29 is 0 Å². The summed E-state index contributed by atoms with van der Waals surface area (Å²) in [5, 5.41) is 0. The van der Waals surface area contributed by atoms with Crippen LogP contribution < -0.4 is 5.73 Å². The Hall–Kier alpha value is -0.0800. The summed E-state index contributed by atoms with van der Waals surface area (Å²) < 4.78 is 0. The van der Waals surface area contributed by atoms with Crippen LogP contribution in [0.3, 0.4) is 0 Å². The molecule has 2 bridgehead atoms. The van der Waals surface area contributed by atoms with Gasteiger partial charge < -0.3 is 5.73 Å². The molecule has 0 aromatic heterocycles. The highest BCUT2D eigenvalue weighted by molar-refractivity contribution is 4.93. The van der Waals surface area contributed by atoms with Gasteiger partial charge in [-0.2, -0.15) is 0 Å². The average Bonchev–Trinajstić information content (AvgIpc) is 2.07. The van der Waals surface area contributed by atoms with Gasteiger partial charge in [0.2, 0.25) is 0 Å². The molecule has 2 atom stereocenters. The van der Waals surface area contributed by atoms with Crippen molar-refractivity contribution in [2.24, 2.45) is 5.73 Å². The lowest BCUT2D eigenvalue weighted by Gasteiger charge is -2.48. The van der Waals surface area contributed by atoms with Gasteiger partial charge in [-0.15, -0.1) is 0 Å². The van der Waals surface area contributed by atoms with Crippen molar-refractivity contribution in [3.05, 3.63) is 0 Å². The van der Waals surface area contributed by atoms with Crippen molar-refractivity contribution in [1.82, 2.24) is 4.90 Å². The SMILES string of the molecule is CCCN1[C@@H]2CCC[C@@H]1CC(N)C2. The van der Waals surface area contributed by atoms with Crippen LogP contribution >= 0.6 is 0 Å². The second-order valence-corrected chi connectivity index (χ2v) is 4.71. The van der Waals surface area contributed by atoms with Crippen LogP contribution in [-0.4, -0.2) is 29.6 Å². The second kappa shape index (κ2) is 3.97. The number of fused-ring (bicyclic) bond motifs is 2. The Morgan fingerprint density at radius 2 is 1.85 bits per heavy atom. The van der Waals surface area contributed by atoms with Gasteiger partial charge >= 0.3 is 0 Å². The van der Waals surface area contributed by atoms with E-state index in [0.717, 1.165) is 12.1 Å². The molecule has 0 unspecified atom stereocenters. The molecule has 13 heavy (non-hydrogen) atoms. The van der Waals surface area contributed by atoms with E-state index in [1.165, 1.54) is 45.1 Å². The normalized spacial score (nSPS) is 40.6. The standard InChI is InChI=1S/C11H22N2/c1-2-6-13-10-4-3-5-11(13)8-9(12)7-10/h9-11H,2-8,12H2,1H3/t10-,11-/m1/s1. The second-order valence-electron chi connectivity index (χ2n) is 4.71. The van der Waals surface area contributed by atoms with E-state index in [1.54, 1.807) is 0 Å². The lowest BCUT2D eigenvalue weighted by molar-refractivity contribution is 0.0318. The lowest BCUT2D eigenvalue weighted by atomic mass is 9.82. The molecule has 2 aliphatic rings. The van der Waals surface area contributed by atoms with Crippen LogP contribution in [0.5, 0.6) is 0 Å². The quantitative estimate of drug-likeness (QED) is 0.705. The first-order valence-corrected chi connectivity index (χ1v) is 5.82.